The molecule has 0 N–H and O–H groups in total. The van der Waals surface area contributed by atoms with E-state index in [1.54, 1.807) is 0 Å². The number of aromatic nitrogens is 4. The number of furan rings is 1. The van der Waals surface area contributed by atoms with Gasteiger partial charge in [-0.2, -0.15) is 0 Å². The van der Waals surface area contributed by atoms with Crippen molar-refractivity contribution >= 4 is 43.7 Å². The van der Waals surface area contributed by atoms with Gasteiger partial charge in [-0.25, -0.2) is 15.0 Å². The molecule has 0 radical (unpaired) electrons. The minimum Gasteiger partial charge on any atom is -0.454 e. The monoisotopic (exact) mass is 792 g/mol. The summed E-state index contributed by atoms with van der Waals surface area (Å²) >= 11 is 0. The first-order chi connectivity index (χ1) is 30.7. The van der Waals surface area contributed by atoms with Gasteiger partial charge in [-0.15, -0.1) is 0 Å². The second kappa shape index (κ2) is 14.7. The molecule has 0 aliphatic rings. The van der Waals surface area contributed by atoms with Gasteiger partial charge in [-0.3, -0.25) is 0 Å². The highest BCUT2D eigenvalue weighted by molar-refractivity contribution is 6.16. The first kappa shape index (κ1) is 35.5. The first-order valence-corrected chi connectivity index (χ1v) is 20.8. The Morgan fingerprint density at radius 2 is 0.855 bits per heavy atom. The molecule has 3 heterocycles. The summed E-state index contributed by atoms with van der Waals surface area (Å²) in [6.07, 6.45) is 0. The number of fused-ring (bicyclic) bond motifs is 6. The van der Waals surface area contributed by atoms with Crippen LogP contribution in [0.2, 0.25) is 0 Å². The predicted octanol–water partition coefficient (Wildman–Crippen LogP) is 14.9. The Balaban J connectivity index is 1.08. The molecule has 62 heavy (non-hydrogen) atoms. The largest absolute Gasteiger partial charge is 0.454 e. The van der Waals surface area contributed by atoms with Gasteiger partial charge in [0.05, 0.1) is 16.7 Å². The number of benzene rings is 9. The Hall–Kier alpha value is -8.41. The highest BCUT2D eigenvalue weighted by atomic mass is 16.3. The van der Waals surface area contributed by atoms with Crippen molar-refractivity contribution in [3.05, 3.63) is 218 Å². The van der Waals surface area contributed by atoms with Gasteiger partial charge in [0.25, 0.3) is 0 Å². The maximum atomic E-state index is 6.98. The summed E-state index contributed by atoms with van der Waals surface area (Å²) in [5.74, 6) is 1.79. The van der Waals surface area contributed by atoms with E-state index in [1.807, 2.05) is 48.5 Å². The minimum atomic E-state index is 0.579. The lowest BCUT2D eigenvalue weighted by molar-refractivity contribution is 0.666. The molecule has 12 aromatic rings. The Bertz CT molecular complexity index is 3610. The van der Waals surface area contributed by atoms with Crippen molar-refractivity contribution in [1.82, 2.24) is 19.5 Å². The zero-order chi connectivity index (χ0) is 41.0. The molecule has 0 bridgehead atoms. The number of hydrogen-bond acceptors (Lipinski definition) is 4. The summed E-state index contributed by atoms with van der Waals surface area (Å²) in [5.41, 5.74) is 14.3. The van der Waals surface area contributed by atoms with Crippen LogP contribution in [0.3, 0.4) is 0 Å². The topological polar surface area (TPSA) is 56.7 Å². The molecule has 0 saturated heterocycles. The molecular formula is C57H36N4O. The zero-order valence-electron chi connectivity index (χ0n) is 33.5. The van der Waals surface area contributed by atoms with Crippen molar-refractivity contribution < 1.29 is 4.42 Å². The van der Waals surface area contributed by atoms with Gasteiger partial charge in [0, 0.05) is 38.2 Å². The molecule has 0 aliphatic carbocycles. The molecule has 0 fully saturated rings. The number of rotatable bonds is 7. The lowest BCUT2D eigenvalue weighted by atomic mass is 10.0. The van der Waals surface area contributed by atoms with Gasteiger partial charge in [-0.05, 0) is 69.8 Å². The molecule has 0 aliphatic heterocycles. The molecule has 0 unspecified atom stereocenters. The van der Waals surface area contributed by atoms with Crippen LogP contribution in [0.4, 0.5) is 0 Å². The van der Waals surface area contributed by atoms with E-state index in [9.17, 15) is 0 Å². The molecule has 0 saturated carbocycles. The van der Waals surface area contributed by atoms with Gasteiger partial charge in [-0.1, -0.05) is 182 Å². The minimum absolute atomic E-state index is 0.579. The highest BCUT2D eigenvalue weighted by Gasteiger charge is 2.22. The third-order valence-electron chi connectivity index (χ3n) is 11.9. The van der Waals surface area contributed by atoms with Gasteiger partial charge < -0.3 is 8.98 Å². The molecular weight excluding hydrogens is 757 g/mol. The van der Waals surface area contributed by atoms with Crippen LogP contribution in [0.15, 0.2) is 223 Å². The van der Waals surface area contributed by atoms with E-state index in [2.05, 4.69) is 174 Å². The number of nitrogens with zero attached hydrogens (tertiary/aromatic N) is 4. The predicted molar refractivity (Wildman–Crippen MR) is 254 cm³/mol. The van der Waals surface area contributed by atoms with Crippen molar-refractivity contribution in [2.75, 3.05) is 0 Å². The van der Waals surface area contributed by atoms with Crippen LogP contribution in [-0.4, -0.2) is 19.5 Å². The molecule has 290 valence electrons. The molecule has 0 amide bonds. The third-order valence-corrected chi connectivity index (χ3v) is 11.9. The summed E-state index contributed by atoms with van der Waals surface area (Å²) in [6, 6.07) is 76.3. The summed E-state index contributed by atoms with van der Waals surface area (Å²) in [5, 5.41) is 4.29. The molecule has 3 aromatic heterocycles. The molecule has 5 nitrogen and oxygen atoms in total. The maximum absolute atomic E-state index is 6.98. The van der Waals surface area contributed by atoms with E-state index in [4.69, 9.17) is 19.4 Å². The van der Waals surface area contributed by atoms with Crippen LogP contribution in [-0.2, 0) is 0 Å². The molecule has 0 atom stereocenters. The lowest BCUT2D eigenvalue weighted by Crippen LogP contribution is -2.00. The van der Waals surface area contributed by atoms with Gasteiger partial charge >= 0.3 is 0 Å². The summed E-state index contributed by atoms with van der Waals surface area (Å²) in [6.45, 7) is 0. The average molecular weight is 793 g/mol. The van der Waals surface area contributed by atoms with Crippen molar-refractivity contribution in [2.45, 2.75) is 0 Å². The Morgan fingerprint density at radius 1 is 0.323 bits per heavy atom. The van der Waals surface area contributed by atoms with E-state index < -0.39 is 0 Å². The quantitative estimate of drug-likeness (QED) is 0.161. The first-order valence-electron chi connectivity index (χ1n) is 20.8. The smallest absolute Gasteiger partial charge is 0.164 e. The number of hydrogen-bond donors (Lipinski definition) is 0. The van der Waals surface area contributed by atoms with E-state index in [0.29, 0.717) is 17.5 Å². The lowest BCUT2D eigenvalue weighted by Gasteiger charge is -2.11. The summed E-state index contributed by atoms with van der Waals surface area (Å²) in [7, 11) is 0. The van der Waals surface area contributed by atoms with E-state index in [1.165, 1.54) is 27.5 Å². The third kappa shape index (κ3) is 6.06. The van der Waals surface area contributed by atoms with E-state index in [0.717, 1.165) is 72.0 Å². The van der Waals surface area contributed by atoms with Crippen molar-refractivity contribution in [3.8, 4) is 73.2 Å². The van der Waals surface area contributed by atoms with Crippen LogP contribution in [0.1, 0.15) is 0 Å². The van der Waals surface area contributed by atoms with Crippen LogP contribution in [0.25, 0.3) is 117 Å². The van der Waals surface area contributed by atoms with Crippen LogP contribution >= 0.6 is 0 Å². The van der Waals surface area contributed by atoms with Gasteiger partial charge in [0.2, 0.25) is 0 Å². The van der Waals surface area contributed by atoms with Crippen LogP contribution in [0.5, 0.6) is 0 Å². The Labute approximate surface area is 357 Å². The van der Waals surface area contributed by atoms with Gasteiger partial charge in [0.1, 0.15) is 5.58 Å². The summed E-state index contributed by atoms with van der Waals surface area (Å²) < 4.78 is 9.34. The van der Waals surface area contributed by atoms with E-state index in [-0.39, 0.29) is 0 Å². The van der Waals surface area contributed by atoms with Crippen molar-refractivity contribution in [1.29, 1.82) is 0 Å². The molecule has 9 aromatic carbocycles. The maximum Gasteiger partial charge on any atom is 0.164 e. The fourth-order valence-corrected chi connectivity index (χ4v) is 8.91. The zero-order valence-corrected chi connectivity index (χ0v) is 33.5. The van der Waals surface area contributed by atoms with Crippen LogP contribution in [0, 0.1) is 0 Å². The standard InChI is InChI=1S/C57H36N4O/c1-5-16-37(17-6-1)41-24-13-25-44(34-41)56-58-55(40-22-11-4-12-23-40)59-57(60-56)47-27-15-29-52-53(47)46-26-14-28-50(54(46)62-52)61-49-33-31-42(38-18-7-2-8-19-38)35-48(49)45-32-30-43(36-51(45)61)39-20-9-3-10-21-39/h1-36H. The fourth-order valence-electron chi connectivity index (χ4n) is 8.91. The average Bonchev–Trinajstić information content (AvgIpc) is 3.90. The Kier molecular flexibility index (Phi) is 8.42. The number of para-hydroxylation sites is 1. The molecule has 0 spiro atoms. The van der Waals surface area contributed by atoms with Crippen molar-refractivity contribution in [2.24, 2.45) is 0 Å². The molecule has 5 heteroatoms. The SMILES string of the molecule is c1ccc(-c2cccc(-c3nc(-c4ccccc4)nc(-c4cccc5oc6c(-n7c8ccc(-c9ccccc9)cc8c8ccc(-c9ccccc9)cc87)cccc6c45)n3)c2)cc1. The van der Waals surface area contributed by atoms with Gasteiger partial charge in [0.15, 0.2) is 23.1 Å². The fraction of sp³-hybridized carbons (Fsp3) is 0. The Morgan fingerprint density at radius 3 is 1.55 bits per heavy atom. The van der Waals surface area contributed by atoms with Crippen molar-refractivity contribution in [3.63, 3.8) is 0 Å². The molecule has 12 rings (SSSR count). The normalized spacial score (nSPS) is 11.5. The second-order valence-corrected chi connectivity index (χ2v) is 15.6. The van der Waals surface area contributed by atoms with Crippen LogP contribution < -0.4 is 0 Å². The highest BCUT2D eigenvalue weighted by Crippen LogP contribution is 2.43. The summed E-state index contributed by atoms with van der Waals surface area (Å²) in [4.78, 5) is 15.5. The van der Waals surface area contributed by atoms with E-state index >= 15 is 0 Å². The second-order valence-electron chi connectivity index (χ2n) is 15.6.